The van der Waals surface area contributed by atoms with Crippen molar-refractivity contribution in [2.45, 2.75) is 76.5 Å². The van der Waals surface area contributed by atoms with E-state index in [4.69, 9.17) is 11.6 Å². The molecule has 2 rings (SSSR count). The molecule has 1 heteroatoms. The van der Waals surface area contributed by atoms with Gasteiger partial charge in [-0.2, -0.15) is 0 Å². The fourth-order valence-electron chi connectivity index (χ4n) is 4.08. The predicted molar refractivity (Wildman–Crippen MR) is 72.0 cm³/mol. The standard InChI is InChI=1S/C15H27Cl/c1-2-12-8-6-7-9-13(12)14-10-4-3-5-11-15(14)16/h12-15H,2-11H2,1H3. The molecule has 0 bridgehead atoms. The Bertz CT molecular complexity index is 202. The van der Waals surface area contributed by atoms with Gasteiger partial charge in [-0.1, -0.05) is 51.9 Å². The lowest BCUT2D eigenvalue weighted by molar-refractivity contribution is 0.145. The lowest BCUT2D eigenvalue weighted by Crippen LogP contribution is -2.31. The van der Waals surface area contributed by atoms with Gasteiger partial charge < -0.3 is 0 Å². The molecule has 2 aliphatic carbocycles. The minimum atomic E-state index is 0.486. The molecule has 2 fully saturated rings. The zero-order chi connectivity index (χ0) is 11.4. The fourth-order valence-corrected chi connectivity index (χ4v) is 4.55. The second-order valence-corrected chi connectivity index (χ2v) is 6.50. The maximum absolute atomic E-state index is 6.64. The average molecular weight is 243 g/mol. The Morgan fingerprint density at radius 2 is 1.44 bits per heavy atom. The van der Waals surface area contributed by atoms with Crippen LogP contribution in [0, 0.1) is 17.8 Å². The van der Waals surface area contributed by atoms with Gasteiger partial charge in [0.05, 0.1) is 0 Å². The van der Waals surface area contributed by atoms with Gasteiger partial charge >= 0.3 is 0 Å². The summed E-state index contributed by atoms with van der Waals surface area (Å²) in [5.74, 6) is 2.78. The van der Waals surface area contributed by atoms with Gasteiger partial charge in [-0.05, 0) is 37.0 Å². The predicted octanol–water partition coefficient (Wildman–Crippen LogP) is 5.39. The first-order valence-electron chi connectivity index (χ1n) is 7.47. The van der Waals surface area contributed by atoms with Crippen LogP contribution in [0.5, 0.6) is 0 Å². The van der Waals surface area contributed by atoms with Crippen LogP contribution in [-0.4, -0.2) is 5.38 Å². The Kier molecular flexibility index (Phi) is 5.00. The number of hydrogen-bond acceptors (Lipinski definition) is 0. The Morgan fingerprint density at radius 1 is 0.812 bits per heavy atom. The van der Waals surface area contributed by atoms with Crippen LogP contribution in [0.2, 0.25) is 0 Å². The van der Waals surface area contributed by atoms with Crippen LogP contribution >= 0.6 is 11.6 Å². The van der Waals surface area contributed by atoms with Crippen LogP contribution in [0.25, 0.3) is 0 Å². The number of alkyl halides is 1. The van der Waals surface area contributed by atoms with Crippen molar-refractivity contribution >= 4 is 11.6 Å². The van der Waals surface area contributed by atoms with Gasteiger partial charge in [0, 0.05) is 5.38 Å². The summed E-state index contributed by atoms with van der Waals surface area (Å²) in [5, 5.41) is 0.486. The molecule has 4 unspecified atom stereocenters. The zero-order valence-corrected chi connectivity index (χ0v) is 11.5. The summed E-state index contributed by atoms with van der Waals surface area (Å²) in [4.78, 5) is 0. The van der Waals surface area contributed by atoms with Gasteiger partial charge in [-0.15, -0.1) is 11.6 Å². The summed E-state index contributed by atoms with van der Waals surface area (Å²) in [6, 6.07) is 0. The molecular weight excluding hydrogens is 216 g/mol. The van der Waals surface area contributed by atoms with Crippen LogP contribution in [0.4, 0.5) is 0 Å². The van der Waals surface area contributed by atoms with E-state index in [2.05, 4.69) is 6.92 Å². The molecule has 4 atom stereocenters. The fraction of sp³-hybridized carbons (Fsp3) is 1.00. The van der Waals surface area contributed by atoms with Crippen molar-refractivity contribution in [1.82, 2.24) is 0 Å². The molecule has 0 N–H and O–H groups in total. The number of halogens is 1. The van der Waals surface area contributed by atoms with Crippen molar-refractivity contribution in [2.75, 3.05) is 0 Å². The van der Waals surface area contributed by atoms with Gasteiger partial charge in [-0.3, -0.25) is 0 Å². The largest absolute Gasteiger partial charge is 0.123 e. The first-order valence-corrected chi connectivity index (χ1v) is 7.90. The molecule has 0 aromatic heterocycles. The molecule has 0 aromatic carbocycles. The SMILES string of the molecule is CCC1CCCCC1C1CCCCCC1Cl. The normalized spacial score (nSPS) is 41.6. The summed E-state index contributed by atoms with van der Waals surface area (Å²) < 4.78 is 0. The van der Waals surface area contributed by atoms with E-state index in [1.165, 1.54) is 64.2 Å². The highest BCUT2D eigenvalue weighted by molar-refractivity contribution is 6.20. The van der Waals surface area contributed by atoms with E-state index in [0.717, 1.165) is 17.8 Å². The summed E-state index contributed by atoms with van der Waals surface area (Å²) in [5.41, 5.74) is 0. The van der Waals surface area contributed by atoms with E-state index in [0.29, 0.717) is 5.38 Å². The molecule has 0 aliphatic heterocycles. The molecule has 94 valence electrons. The van der Waals surface area contributed by atoms with Crippen molar-refractivity contribution in [1.29, 1.82) is 0 Å². The van der Waals surface area contributed by atoms with Gasteiger partial charge in [0.25, 0.3) is 0 Å². The highest BCUT2D eigenvalue weighted by atomic mass is 35.5. The third-order valence-corrected chi connectivity index (χ3v) is 5.57. The van der Waals surface area contributed by atoms with Gasteiger partial charge in [0.1, 0.15) is 0 Å². The van der Waals surface area contributed by atoms with Crippen molar-refractivity contribution in [3.63, 3.8) is 0 Å². The first kappa shape index (κ1) is 12.7. The third-order valence-electron chi connectivity index (χ3n) is 5.02. The van der Waals surface area contributed by atoms with Crippen molar-refractivity contribution < 1.29 is 0 Å². The van der Waals surface area contributed by atoms with Crippen LogP contribution in [0.3, 0.4) is 0 Å². The Labute approximate surface area is 106 Å². The summed E-state index contributed by atoms with van der Waals surface area (Å²) >= 11 is 6.64. The Morgan fingerprint density at radius 3 is 2.25 bits per heavy atom. The average Bonchev–Trinajstić information content (AvgIpc) is 2.54. The topological polar surface area (TPSA) is 0 Å². The third kappa shape index (κ3) is 2.94. The first-order chi connectivity index (χ1) is 7.83. The van der Waals surface area contributed by atoms with E-state index in [1.807, 2.05) is 0 Å². The van der Waals surface area contributed by atoms with Gasteiger partial charge in [0.15, 0.2) is 0 Å². The summed E-state index contributed by atoms with van der Waals surface area (Å²) in [6.45, 7) is 2.38. The monoisotopic (exact) mass is 242 g/mol. The van der Waals surface area contributed by atoms with E-state index in [9.17, 15) is 0 Å². The minimum Gasteiger partial charge on any atom is -0.123 e. The second-order valence-electron chi connectivity index (χ2n) is 5.93. The molecule has 0 saturated heterocycles. The molecule has 0 aromatic rings. The van der Waals surface area contributed by atoms with E-state index < -0.39 is 0 Å². The molecule has 0 amide bonds. The molecular formula is C15H27Cl. The van der Waals surface area contributed by atoms with E-state index in [-0.39, 0.29) is 0 Å². The molecule has 0 heterocycles. The van der Waals surface area contributed by atoms with Crippen molar-refractivity contribution in [3.8, 4) is 0 Å². The Balaban J connectivity index is 2.01. The molecule has 16 heavy (non-hydrogen) atoms. The number of rotatable bonds is 2. The molecule has 2 aliphatic rings. The molecule has 2 saturated carbocycles. The highest BCUT2D eigenvalue weighted by Gasteiger charge is 2.34. The van der Waals surface area contributed by atoms with Crippen molar-refractivity contribution in [2.24, 2.45) is 17.8 Å². The molecule has 0 radical (unpaired) electrons. The van der Waals surface area contributed by atoms with Gasteiger partial charge in [-0.25, -0.2) is 0 Å². The lowest BCUT2D eigenvalue weighted by Gasteiger charge is -2.38. The zero-order valence-electron chi connectivity index (χ0n) is 10.8. The van der Waals surface area contributed by atoms with Crippen molar-refractivity contribution in [3.05, 3.63) is 0 Å². The lowest BCUT2D eigenvalue weighted by atomic mass is 9.69. The van der Waals surface area contributed by atoms with E-state index in [1.54, 1.807) is 0 Å². The summed E-state index contributed by atoms with van der Waals surface area (Å²) in [7, 11) is 0. The smallest absolute Gasteiger partial charge is 0.0367 e. The minimum absolute atomic E-state index is 0.486. The molecule has 0 nitrogen and oxygen atoms in total. The van der Waals surface area contributed by atoms with E-state index >= 15 is 0 Å². The van der Waals surface area contributed by atoms with Crippen LogP contribution < -0.4 is 0 Å². The maximum Gasteiger partial charge on any atom is 0.0367 e. The number of hydrogen-bond donors (Lipinski definition) is 0. The Hall–Kier alpha value is 0.290. The van der Waals surface area contributed by atoms with Crippen LogP contribution in [0.15, 0.2) is 0 Å². The quantitative estimate of drug-likeness (QED) is 0.450. The van der Waals surface area contributed by atoms with Crippen LogP contribution in [-0.2, 0) is 0 Å². The maximum atomic E-state index is 6.64. The van der Waals surface area contributed by atoms with Crippen LogP contribution in [0.1, 0.15) is 71.1 Å². The second kappa shape index (κ2) is 6.28. The highest BCUT2D eigenvalue weighted by Crippen LogP contribution is 2.43. The van der Waals surface area contributed by atoms with Gasteiger partial charge in [0.2, 0.25) is 0 Å². The summed E-state index contributed by atoms with van der Waals surface area (Å²) in [6.07, 6.45) is 14.2. The molecule has 0 spiro atoms.